The Labute approximate surface area is 131 Å². The molecule has 2 unspecified atom stereocenters. The summed E-state index contributed by atoms with van der Waals surface area (Å²) in [5.74, 6) is -0.307. The summed E-state index contributed by atoms with van der Waals surface area (Å²) in [7, 11) is 0. The fraction of sp³-hybridized carbons (Fsp3) is 0.333. The first-order chi connectivity index (χ1) is 9.88. The molecule has 0 amide bonds. The van der Waals surface area contributed by atoms with E-state index in [1.165, 1.54) is 28.8 Å². The van der Waals surface area contributed by atoms with E-state index in [-0.39, 0.29) is 17.9 Å². The highest BCUT2D eigenvalue weighted by molar-refractivity contribution is 6.31. The van der Waals surface area contributed by atoms with Crippen LogP contribution in [-0.4, -0.2) is 0 Å². The third-order valence-corrected chi connectivity index (χ3v) is 4.16. The van der Waals surface area contributed by atoms with Gasteiger partial charge < -0.3 is 5.32 Å². The van der Waals surface area contributed by atoms with Gasteiger partial charge in [0.25, 0.3) is 0 Å². The maximum atomic E-state index is 13.1. The Bertz CT molecular complexity index is 639. The van der Waals surface area contributed by atoms with Crippen LogP contribution in [0.1, 0.15) is 48.2 Å². The fourth-order valence-corrected chi connectivity index (χ4v) is 2.96. The molecule has 2 aromatic rings. The largest absolute Gasteiger partial charge is 0.304 e. The highest BCUT2D eigenvalue weighted by atomic mass is 35.5. The van der Waals surface area contributed by atoms with E-state index in [0.29, 0.717) is 5.02 Å². The molecule has 3 heteroatoms. The lowest BCUT2D eigenvalue weighted by Gasteiger charge is -2.23. The molecule has 21 heavy (non-hydrogen) atoms. The topological polar surface area (TPSA) is 12.0 Å². The Balaban J connectivity index is 2.18. The molecular formula is C18H21ClFN. The van der Waals surface area contributed by atoms with Gasteiger partial charge in [-0.05, 0) is 56.5 Å². The zero-order chi connectivity index (χ0) is 15.6. The summed E-state index contributed by atoms with van der Waals surface area (Å²) in [6.45, 7) is 8.38. The molecule has 0 aliphatic rings. The average Bonchev–Trinajstić information content (AvgIpc) is 2.41. The summed E-state index contributed by atoms with van der Waals surface area (Å²) in [6.07, 6.45) is 0. The average molecular weight is 306 g/mol. The van der Waals surface area contributed by atoms with Crippen molar-refractivity contribution in [2.75, 3.05) is 0 Å². The molecule has 0 aliphatic heterocycles. The van der Waals surface area contributed by atoms with E-state index in [1.807, 2.05) is 6.92 Å². The highest BCUT2D eigenvalue weighted by Gasteiger charge is 2.15. The maximum absolute atomic E-state index is 13.1. The monoisotopic (exact) mass is 305 g/mol. The molecule has 0 aromatic heterocycles. The summed E-state index contributed by atoms with van der Waals surface area (Å²) < 4.78 is 13.1. The van der Waals surface area contributed by atoms with E-state index in [9.17, 15) is 4.39 Å². The van der Waals surface area contributed by atoms with E-state index in [4.69, 9.17) is 11.6 Å². The minimum absolute atomic E-state index is 0.0491. The van der Waals surface area contributed by atoms with Gasteiger partial charge in [-0.25, -0.2) is 4.39 Å². The predicted octanol–water partition coefficient (Wildman–Crippen LogP) is 5.51. The molecule has 1 N–H and O–H groups in total. The lowest BCUT2D eigenvalue weighted by Crippen LogP contribution is -2.23. The van der Waals surface area contributed by atoms with Gasteiger partial charge in [0, 0.05) is 17.1 Å². The molecule has 1 nitrogen and oxygen atoms in total. The van der Waals surface area contributed by atoms with Gasteiger partial charge in [-0.15, -0.1) is 0 Å². The van der Waals surface area contributed by atoms with Crippen LogP contribution in [0.3, 0.4) is 0 Å². The van der Waals surface area contributed by atoms with Gasteiger partial charge in [-0.2, -0.15) is 0 Å². The lowest BCUT2D eigenvalue weighted by atomic mass is 9.98. The van der Waals surface area contributed by atoms with Gasteiger partial charge in [0.05, 0.1) is 0 Å². The van der Waals surface area contributed by atoms with Crippen LogP contribution < -0.4 is 5.32 Å². The van der Waals surface area contributed by atoms with Gasteiger partial charge in [0.1, 0.15) is 5.82 Å². The first-order valence-electron chi connectivity index (χ1n) is 7.16. The first kappa shape index (κ1) is 16.0. The minimum Gasteiger partial charge on any atom is -0.304 e. The molecule has 2 aromatic carbocycles. The van der Waals surface area contributed by atoms with Crippen molar-refractivity contribution in [3.63, 3.8) is 0 Å². The zero-order valence-corrected chi connectivity index (χ0v) is 13.6. The van der Waals surface area contributed by atoms with Crippen LogP contribution in [-0.2, 0) is 0 Å². The summed E-state index contributed by atoms with van der Waals surface area (Å²) in [4.78, 5) is 0. The Morgan fingerprint density at radius 3 is 2.29 bits per heavy atom. The van der Waals surface area contributed by atoms with E-state index < -0.39 is 0 Å². The van der Waals surface area contributed by atoms with Crippen molar-refractivity contribution in [3.8, 4) is 0 Å². The van der Waals surface area contributed by atoms with Gasteiger partial charge in [-0.3, -0.25) is 0 Å². The summed E-state index contributed by atoms with van der Waals surface area (Å²) in [5, 5.41) is 4.00. The molecule has 2 atom stereocenters. The van der Waals surface area contributed by atoms with E-state index in [0.717, 1.165) is 5.56 Å². The van der Waals surface area contributed by atoms with Crippen LogP contribution in [0.25, 0.3) is 0 Å². The van der Waals surface area contributed by atoms with E-state index >= 15 is 0 Å². The van der Waals surface area contributed by atoms with Crippen LogP contribution in [0.4, 0.5) is 4.39 Å². The third kappa shape index (κ3) is 3.84. The van der Waals surface area contributed by atoms with Gasteiger partial charge in [-0.1, -0.05) is 41.4 Å². The number of rotatable bonds is 4. The Morgan fingerprint density at radius 2 is 1.62 bits per heavy atom. The normalized spacial score (nSPS) is 14.0. The second kappa shape index (κ2) is 6.59. The zero-order valence-electron chi connectivity index (χ0n) is 12.9. The van der Waals surface area contributed by atoms with Gasteiger partial charge >= 0.3 is 0 Å². The van der Waals surface area contributed by atoms with Crippen LogP contribution in [0.2, 0.25) is 5.02 Å². The summed E-state index contributed by atoms with van der Waals surface area (Å²) in [5.41, 5.74) is 4.70. The number of halogens is 2. The molecule has 0 radical (unpaired) electrons. The number of hydrogen-bond donors (Lipinski definition) is 1. The molecule has 0 bridgehead atoms. The van der Waals surface area contributed by atoms with Crippen molar-refractivity contribution in [1.29, 1.82) is 0 Å². The number of aryl methyl sites for hydroxylation is 2. The number of nitrogens with one attached hydrogen (secondary N) is 1. The first-order valence-corrected chi connectivity index (χ1v) is 7.54. The molecular weight excluding hydrogens is 285 g/mol. The van der Waals surface area contributed by atoms with Crippen molar-refractivity contribution in [2.45, 2.75) is 39.8 Å². The van der Waals surface area contributed by atoms with Crippen LogP contribution in [0.5, 0.6) is 0 Å². The number of hydrogen-bond acceptors (Lipinski definition) is 1. The summed E-state index contributed by atoms with van der Waals surface area (Å²) in [6, 6.07) is 11.2. The second-order valence-corrected chi connectivity index (χ2v) is 6.04. The molecule has 0 aliphatic carbocycles. The van der Waals surface area contributed by atoms with E-state index in [2.05, 4.69) is 44.3 Å². The van der Waals surface area contributed by atoms with Crippen LogP contribution in [0.15, 0.2) is 36.4 Å². The molecule has 0 spiro atoms. The third-order valence-electron chi connectivity index (χ3n) is 3.83. The van der Waals surface area contributed by atoms with Crippen molar-refractivity contribution >= 4 is 11.6 Å². The number of benzene rings is 2. The molecule has 0 fully saturated rings. The Morgan fingerprint density at radius 1 is 0.952 bits per heavy atom. The smallest absolute Gasteiger partial charge is 0.124 e. The van der Waals surface area contributed by atoms with Crippen LogP contribution in [0, 0.1) is 19.7 Å². The highest BCUT2D eigenvalue weighted by Crippen LogP contribution is 2.27. The van der Waals surface area contributed by atoms with Crippen molar-refractivity contribution < 1.29 is 4.39 Å². The maximum Gasteiger partial charge on any atom is 0.124 e. The Hall–Kier alpha value is -1.38. The van der Waals surface area contributed by atoms with Crippen molar-refractivity contribution in [3.05, 3.63) is 69.5 Å². The molecule has 2 rings (SSSR count). The second-order valence-electron chi connectivity index (χ2n) is 5.64. The molecule has 0 saturated heterocycles. The molecule has 112 valence electrons. The molecule has 0 saturated carbocycles. The van der Waals surface area contributed by atoms with Crippen molar-refractivity contribution in [1.82, 2.24) is 5.32 Å². The standard InChI is InChI=1S/C18H21ClFN/c1-11-5-6-12(2)17(9-11)14(4)21-13(3)16-8-7-15(20)10-18(16)19/h5-10,13-14,21H,1-4H3. The fourth-order valence-electron chi connectivity index (χ4n) is 2.63. The van der Waals surface area contributed by atoms with Crippen molar-refractivity contribution in [2.24, 2.45) is 0 Å². The van der Waals surface area contributed by atoms with Gasteiger partial charge in [0.15, 0.2) is 0 Å². The molecule has 0 heterocycles. The lowest BCUT2D eigenvalue weighted by molar-refractivity contribution is 0.492. The minimum atomic E-state index is -0.307. The summed E-state index contributed by atoms with van der Waals surface area (Å²) >= 11 is 6.13. The SMILES string of the molecule is Cc1ccc(C)c(C(C)NC(C)c2ccc(F)cc2Cl)c1. The predicted molar refractivity (Wildman–Crippen MR) is 87.3 cm³/mol. The Kier molecular flexibility index (Phi) is 5.02. The van der Waals surface area contributed by atoms with Gasteiger partial charge in [0.2, 0.25) is 0 Å². The quantitative estimate of drug-likeness (QED) is 0.785. The van der Waals surface area contributed by atoms with Crippen LogP contribution >= 0.6 is 11.6 Å². The van der Waals surface area contributed by atoms with E-state index in [1.54, 1.807) is 6.07 Å².